The van der Waals surface area contributed by atoms with E-state index in [1.54, 1.807) is 6.92 Å². The molecule has 2 unspecified atom stereocenters. The highest BCUT2D eigenvalue weighted by atomic mass is 16.5. The molecule has 0 fully saturated rings. The van der Waals surface area contributed by atoms with Crippen molar-refractivity contribution in [2.24, 2.45) is 0 Å². The summed E-state index contributed by atoms with van der Waals surface area (Å²) < 4.78 is 5.42. The van der Waals surface area contributed by atoms with E-state index in [2.05, 4.69) is 10.6 Å². The van der Waals surface area contributed by atoms with Crippen molar-refractivity contribution in [3.8, 4) is 5.75 Å². The van der Waals surface area contributed by atoms with Crippen LogP contribution >= 0.6 is 0 Å². The lowest BCUT2D eigenvalue weighted by Gasteiger charge is -2.18. The summed E-state index contributed by atoms with van der Waals surface area (Å²) >= 11 is 0. The highest BCUT2D eigenvalue weighted by molar-refractivity contribution is 5.74. The van der Waals surface area contributed by atoms with Crippen LogP contribution in [0.4, 0.5) is 4.79 Å². The number of urea groups is 1. The van der Waals surface area contributed by atoms with Gasteiger partial charge in [-0.2, -0.15) is 0 Å². The zero-order valence-electron chi connectivity index (χ0n) is 11.6. The largest absolute Gasteiger partial charge is 0.494 e. The minimum absolute atomic E-state index is 0.0817. The Morgan fingerprint density at radius 1 is 1.37 bits per heavy atom. The first-order chi connectivity index (χ1) is 9.06. The normalized spacial score (nSPS) is 13.5. The number of aliphatic hydroxyl groups is 1. The molecular weight excluding hydrogens is 244 g/mol. The van der Waals surface area contributed by atoms with Crippen LogP contribution in [0.2, 0.25) is 0 Å². The fourth-order valence-corrected chi connectivity index (χ4v) is 1.63. The molecule has 0 aliphatic heterocycles. The minimum Gasteiger partial charge on any atom is -0.494 e. The molecule has 1 rings (SSSR count). The summed E-state index contributed by atoms with van der Waals surface area (Å²) in [7, 11) is 0. The number of hydrogen-bond donors (Lipinski definition) is 3. The van der Waals surface area contributed by atoms with Gasteiger partial charge in [-0.05, 0) is 38.5 Å². The summed E-state index contributed by atoms with van der Waals surface area (Å²) in [6.07, 6.45) is 0. The van der Waals surface area contributed by atoms with Gasteiger partial charge in [-0.25, -0.2) is 4.79 Å². The van der Waals surface area contributed by atoms with Crippen LogP contribution in [0, 0.1) is 0 Å². The molecule has 0 saturated carbocycles. The van der Waals surface area contributed by atoms with Crippen molar-refractivity contribution in [3.63, 3.8) is 0 Å². The molecule has 0 bridgehead atoms. The van der Waals surface area contributed by atoms with E-state index < -0.39 is 0 Å². The molecule has 3 N–H and O–H groups in total. The molecule has 0 aromatic heterocycles. The van der Waals surface area contributed by atoms with Crippen LogP contribution in [0.1, 0.15) is 32.4 Å². The van der Waals surface area contributed by atoms with Gasteiger partial charge >= 0.3 is 6.03 Å². The maximum Gasteiger partial charge on any atom is 0.315 e. The quantitative estimate of drug-likeness (QED) is 0.735. The number of carbonyl (C=O) groups is 1. The molecule has 5 heteroatoms. The van der Waals surface area contributed by atoms with Crippen LogP contribution < -0.4 is 15.4 Å². The van der Waals surface area contributed by atoms with E-state index in [-0.39, 0.29) is 24.7 Å². The van der Waals surface area contributed by atoms with Crippen molar-refractivity contribution in [2.75, 3.05) is 13.2 Å². The lowest BCUT2D eigenvalue weighted by Crippen LogP contribution is -2.43. The summed E-state index contributed by atoms with van der Waals surface area (Å²) in [5, 5.41) is 14.3. The predicted octanol–water partition coefficient (Wildman–Crippen LogP) is 1.83. The van der Waals surface area contributed by atoms with E-state index in [4.69, 9.17) is 9.84 Å². The Kier molecular flexibility index (Phi) is 6.15. The van der Waals surface area contributed by atoms with Gasteiger partial charge in [-0.1, -0.05) is 12.1 Å². The number of ether oxygens (including phenoxy) is 1. The van der Waals surface area contributed by atoms with E-state index in [1.807, 2.05) is 38.1 Å². The van der Waals surface area contributed by atoms with Crippen LogP contribution in [-0.4, -0.2) is 30.4 Å². The smallest absolute Gasteiger partial charge is 0.315 e. The molecule has 1 aromatic rings. The number of hydrogen-bond acceptors (Lipinski definition) is 3. The third-order valence-corrected chi connectivity index (χ3v) is 2.67. The standard InChI is InChI=1S/C14H22N2O3/c1-4-19-13-7-5-6-12(8-13)11(3)16-14(18)15-10(2)9-17/h5-8,10-11,17H,4,9H2,1-3H3,(H2,15,16,18). The Morgan fingerprint density at radius 3 is 2.74 bits per heavy atom. The third-order valence-electron chi connectivity index (χ3n) is 2.67. The van der Waals surface area contributed by atoms with Gasteiger partial charge in [0.2, 0.25) is 0 Å². The first kappa shape index (κ1) is 15.3. The van der Waals surface area contributed by atoms with E-state index in [1.165, 1.54) is 0 Å². The van der Waals surface area contributed by atoms with Gasteiger partial charge in [-0.15, -0.1) is 0 Å². The van der Waals surface area contributed by atoms with Gasteiger partial charge in [0, 0.05) is 0 Å². The molecule has 0 aliphatic rings. The molecule has 1 aromatic carbocycles. The summed E-state index contributed by atoms with van der Waals surface area (Å²) in [5.74, 6) is 0.790. The SMILES string of the molecule is CCOc1cccc(C(C)NC(=O)NC(C)CO)c1. The molecule has 0 heterocycles. The number of nitrogens with one attached hydrogen (secondary N) is 2. The molecule has 2 atom stereocenters. The lowest BCUT2D eigenvalue weighted by atomic mass is 10.1. The van der Waals surface area contributed by atoms with Crippen LogP contribution in [0.5, 0.6) is 5.75 Å². The first-order valence-corrected chi connectivity index (χ1v) is 6.47. The third kappa shape index (κ3) is 5.18. The van der Waals surface area contributed by atoms with Gasteiger partial charge in [0.15, 0.2) is 0 Å². The number of amides is 2. The maximum absolute atomic E-state index is 11.6. The Morgan fingerprint density at radius 2 is 2.11 bits per heavy atom. The number of carbonyl (C=O) groups excluding carboxylic acids is 1. The van der Waals surface area contributed by atoms with Crippen LogP contribution in [-0.2, 0) is 0 Å². The highest BCUT2D eigenvalue weighted by Crippen LogP contribution is 2.18. The minimum atomic E-state index is -0.295. The highest BCUT2D eigenvalue weighted by Gasteiger charge is 2.11. The predicted molar refractivity (Wildman–Crippen MR) is 74.2 cm³/mol. The lowest BCUT2D eigenvalue weighted by molar-refractivity contribution is 0.218. The Bertz CT molecular complexity index is 409. The molecular formula is C14H22N2O3. The fraction of sp³-hybridized carbons (Fsp3) is 0.500. The van der Waals surface area contributed by atoms with Gasteiger partial charge in [0.25, 0.3) is 0 Å². The van der Waals surface area contributed by atoms with Crippen molar-refractivity contribution in [3.05, 3.63) is 29.8 Å². The van der Waals surface area contributed by atoms with Gasteiger partial charge in [0.05, 0.1) is 25.3 Å². The maximum atomic E-state index is 11.6. The Balaban J connectivity index is 2.59. The van der Waals surface area contributed by atoms with Gasteiger partial charge in [0.1, 0.15) is 5.75 Å². The van der Waals surface area contributed by atoms with Crippen molar-refractivity contribution < 1.29 is 14.6 Å². The number of benzene rings is 1. The van der Waals surface area contributed by atoms with E-state index in [0.717, 1.165) is 11.3 Å². The molecule has 2 amide bonds. The van der Waals surface area contributed by atoms with Crippen molar-refractivity contribution in [2.45, 2.75) is 32.9 Å². The van der Waals surface area contributed by atoms with Crippen LogP contribution in [0.3, 0.4) is 0 Å². The van der Waals surface area contributed by atoms with Gasteiger partial charge in [-0.3, -0.25) is 0 Å². The zero-order chi connectivity index (χ0) is 14.3. The van der Waals surface area contributed by atoms with Crippen molar-refractivity contribution >= 4 is 6.03 Å². The Labute approximate surface area is 114 Å². The number of rotatable bonds is 6. The van der Waals surface area contributed by atoms with E-state index in [0.29, 0.717) is 6.61 Å². The Hall–Kier alpha value is -1.75. The summed E-state index contributed by atoms with van der Waals surface area (Å²) in [4.78, 5) is 11.6. The molecule has 0 spiro atoms. The molecule has 0 radical (unpaired) electrons. The summed E-state index contributed by atoms with van der Waals surface area (Å²) in [5.41, 5.74) is 0.970. The topological polar surface area (TPSA) is 70.6 Å². The molecule has 0 saturated heterocycles. The van der Waals surface area contributed by atoms with E-state index >= 15 is 0 Å². The average Bonchev–Trinajstić information content (AvgIpc) is 2.39. The summed E-state index contributed by atoms with van der Waals surface area (Å²) in [6.45, 7) is 6.09. The van der Waals surface area contributed by atoms with Crippen LogP contribution in [0.15, 0.2) is 24.3 Å². The van der Waals surface area contributed by atoms with Crippen molar-refractivity contribution in [1.29, 1.82) is 0 Å². The van der Waals surface area contributed by atoms with Crippen molar-refractivity contribution in [1.82, 2.24) is 10.6 Å². The fourth-order valence-electron chi connectivity index (χ4n) is 1.63. The summed E-state index contributed by atoms with van der Waals surface area (Å²) in [6, 6.07) is 6.93. The van der Waals surface area contributed by atoms with E-state index in [9.17, 15) is 4.79 Å². The molecule has 19 heavy (non-hydrogen) atoms. The molecule has 0 aliphatic carbocycles. The second kappa shape index (κ2) is 7.63. The van der Waals surface area contributed by atoms with Crippen LogP contribution in [0.25, 0.3) is 0 Å². The molecule has 5 nitrogen and oxygen atoms in total. The van der Waals surface area contributed by atoms with Gasteiger partial charge < -0.3 is 20.5 Å². The second-order valence-electron chi connectivity index (χ2n) is 4.43. The second-order valence-corrected chi connectivity index (χ2v) is 4.43. The first-order valence-electron chi connectivity index (χ1n) is 6.47. The monoisotopic (exact) mass is 266 g/mol. The zero-order valence-corrected chi connectivity index (χ0v) is 11.6. The number of aliphatic hydroxyl groups excluding tert-OH is 1. The molecule has 106 valence electrons. The average molecular weight is 266 g/mol.